The van der Waals surface area contributed by atoms with Crippen LogP contribution in [0, 0.1) is 12.7 Å². The molecule has 2 aromatic carbocycles. The summed E-state index contributed by atoms with van der Waals surface area (Å²) in [4.78, 5) is 0. The molecule has 1 atom stereocenters. The molecule has 100 valence electrons. The first-order chi connectivity index (χ1) is 9.19. The van der Waals surface area contributed by atoms with Crippen molar-refractivity contribution in [2.24, 2.45) is 5.84 Å². The van der Waals surface area contributed by atoms with Gasteiger partial charge in [0.1, 0.15) is 0 Å². The molecule has 0 radical (unpaired) electrons. The van der Waals surface area contributed by atoms with Crippen LogP contribution in [0.4, 0.5) is 4.39 Å². The van der Waals surface area contributed by atoms with Gasteiger partial charge in [0.15, 0.2) is 11.6 Å². The van der Waals surface area contributed by atoms with Crippen molar-refractivity contribution in [3.63, 3.8) is 0 Å². The zero-order valence-corrected chi connectivity index (χ0v) is 11.0. The van der Waals surface area contributed by atoms with Gasteiger partial charge in [-0.1, -0.05) is 36.4 Å². The third-order valence-corrected chi connectivity index (χ3v) is 3.19. The van der Waals surface area contributed by atoms with Crippen LogP contribution >= 0.6 is 0 Å². The van der Waals surface area contributed by atoms with Gasteiger partial charge in [0.05, 0.1) is 13.2 Å². The summed E-state index contributed by atoms with van der Waals surface area (Å²) >= 11 is 0. The average Bonchev–Trinajstić information content (AvgIpc) is 2.43. The molecule has 0 spiro atoms. The SMILES string of the molecule is COc1cccc(C(NN)c2ccccc2C)c1F. The molecule has 4 heteroatoms. The van der Waals surface area contributed by atoms with Gasteiger partial charge in [-0.05, 0) is 24.1 Å². The standard InChI is InChI=1S/C15H17FN2O/c1-10-6-3-4-7-11(10)15(18-17)12-8-5-9-13(19-2)14(12)16/h3-9,15,18H,17H2,1-2H3. The van der Waals surface area contributed by atoms with Gasteiger partial charge in [0.2, 0.25) is 0 Å². The second kappa shape index (κ2) is 5.82. The topological polar surface area (TPSA) is 47.3 Å². The number of ether oxygens (including phenoxy) is 1. The van der Waals surface area contributed by atoms with E-state index in [-0.39, 0.29) is 5.75 Å². The zero-order valence-electron chi connectivity index (χ0n) is 11.0. The van der Waals surface area contributed by atoms with Gasteiger partial charge in [-0.25, -0.2) is 9.82 Å². The lowest BCUT2D eigenvalue weighted by atomic mass is 9.95. The van der Waals surface area contributed by atoms with Crippen molar-refractivity contribution < 1.29 is 9.13 Å². The smallest absolute Gasteiger partial charge is 0.170 e. The van der Waals surface area contributed by atoms with Crippen molar-refractivity contribution in [3.05, 3.63) is 65.0 Å². The van der Waals surface area contributed by atoms with Gasteiger partial charge in [0, 0.05) is 5.56 Å². The lowest BCUT2D eigenvalue weighted by Crippen LogP contribution is -2.30. The third-order valence-electron chi connectivity index (χ3n) is 3.19. The Morgan fingerprint density at radius 3 is 2.42 bits per heavy atom. The summed E-state index contributed by atoms with van der Waals surface area (Å²) < 4.78 is 19.3. The monoisotopic (exact) mass is 260 g/mol. The first-order valence-electron chi connectivity index (χ1n) is 6.03. The number of aryl methyl sites for hydroxylation is 1. The minimum atomic E-state index is -0.406. The van der Waals surface area contributed by atoms with Crippen LogP contribution in [0.5, 0.6) is 5.75 Å². The van der Waals surface area contributed by atoms with E-state index in [1.54, 1.807) is 18.2 Å². The lowest BCUT2D eigenvalue weighted by Gasteiger charge is -2.20. The molecule has 2 aromatic rings. The largest absolute Gasteiger partial charge is 0.494 e. The zero-order chi connectivity index (χ0) is 13.8. The first-order valence-corrected chi connectivity index (χ1v) is 6.03. The molecular weight excluding hydrogens is 243 g/mol. The van der Waals surface area contributed by atoms with Crippen molar-refractivity contribution in [2.45, 2.75) is 13.0 Å². The summed E-state index contributed by atoms with van der Waals surface area (Å²) in [6.45, 7) is 1.97. The minimum absolute atomic E-state index is 0.214. The molecule has 0 bridgehead atoms. The maximum Gasteiger partial charge on any atom is 0.170 e. The lowest BCUT2D eigenvalue weighted by molar-refractivity contribution is 0.381. The van der Waals surface area contributed by atoms with Crippen LogP contribution in [0.2, 0.25) is 0 Å². The van der Waals surface area contributed by atoms with Crippen LogP contribution in [0.25, 0.3) is 0 Å². The Balaban J connectivity index is 2.52. The molecule has 0 aliphatic heterocycles. The number of hydrogen-bond acceptors (Lipinski definition) is 3. The van der Waals surface area contributed by atoms with E-state index in [0.29, 0.717) is 5.56 Å². The Hall–Kier alpha value is -1.91. The van der Waals surface area contributed by atoms with Crippen molar-refractivity contribution in [1.82, 2.24) is 5.43 Å². The summed E-state index contributed by atoms with van der Waals surface area (Å²) in [5, 5.41) is 0. The fourth-order valence-corrected chi connectivity index (χ4v) is 2.17. The van der Waals surface area contributed by atoms with E-state index >= 15 is 0 Å². The number of nitrogens with one attached hydrogen (secondary N) is 1. The van der Waals surface area contributed by atoms with Gasteiger partial charge >= 0.3 is 0 Å². The van der Waals surface area contributed by atoms with E-state index in [9.17, 15) is 4.39 Å². The van der Waals surface area contributed by atoms with E-state index < -0.39 is 11.9 Å². The highest BCUT2D eigenvalue weighted by Gasteiger charge is 2.20. The van der Waals surface area contributed by atoms with E-state index in [4.69, 9.17) is 10.6 Å². The number of benzene rings is 2. The number of methoxy groups -OCH3 is 1. The van der Waals surface area contributed by atoms with Crippen LogP contribution in [0.15, 0.2) is 42.5 Å². The van der Waals surface area contributed by atoms with Gasteiger partial charge < -0.3 is 4.74 Å². The first kappa shape index (κ1) is 13.5. The summed E-state index contributed by atoms with van der Waals surface area (Å²) in [5.74, 6) is 5.43. The Morgan fingerprint density at radius 1 is 1.11 bits per heavy atom. The third kappa shape index (κ3) is 2.59. The number of rotatable bonds is 4. The van der Waals surface area contributed by atoms with E-state index in [1.807, 2.05) is 31.2 Å². The average molecular weight is 260 g/mol. The Labute approximate surface area is 112 Å². The molecule has 3 nitrogen and oxygen atoms in total. The summed E-state index contributed by atoms with van der Waals surface area (Å²) in [5.41, 5.74) is 5.13. The normalized spacial score (nSPS) is 12.2. The fourth-order valence-electron chi connectivity index (χ4n) is 2.17. The van der Waals surface area contributed by atoms with E-state index in [1.165, 1.54) is 7.11 Å². The summed E-state index contributed by atoms with van der Waals surface area (Å²) in [6.07, 6.45) is 0. The van der Waals surface area contributed by atoms with Crippen LogP contribution in [0.1, 0.15) is 22.7 Å². The molecule has 19 heavy (non-hydrogen) atoms. The summed E-state index contributed by atoms with van der Waals surface area (Å²) in [6, 6.07) is 12.4. The van der Waals surface area contributed by atoms with Crippen LogP contribution in [-0.4, -0.2) is 7.11 Å². The Kier molecular flexibility index (Phi) is 4.14. The highest BCUT2D eigenvalue weighted by Crippen LogP contribution is 2.30. The van der Waals surface area contributed by atoms with Crippen LogP contribution < -0.4 is 16.0 Å². The van der Waals surface area contributed by atoms with E-state index in [2.05, 4.69) is 5.43 Å². The summed E-state index contributed by atoms with van der Waals surface area (Å²) in [7, 11) is 1.45. The molecule has 2 rings (SSSR count). The van der Waals surface area contributed by atoms with Crippen molar-refractivity contribution in [1.29, 1.82) is 0 Å². The van der Waals surface area contributed by atoms with Gasteiger partial charge in [-0.2, -0.15) is 0 Å². The Bertz CT molecular complexity index is 572. The molecule has 1 unspecified atom stereocenters. The van der Waals surface area contributed by atoms with Crippen molar-refractivity contribution in [3.8, 4) is 5.75 Å². The number of nitrogens with two attached hydrogens (primary N) is 1. The molecule has 0 saturated carbocycles. The fraction of sp³-hybridized carbons (Fsp3) is 0.200. The van der Waals surface area contributed by atoms with Gasteiger partial charge in [0.25, 0.3) is 0 Å². The van der Waals surface area contributed by atoms with Crippen molar-refractivity contribution in [2.75, 3.05) is 7.11 Å². The molecule has 0 saturated heterocycles. The van der Waals surface area contributed by atoms with Gasteiger partial charge in [-0.15, -0.1) is 0 Å². The highest BCUT2D eigenvalue weighted by atomic mass is 19.1. The second-order valence-electron chi connectivity index (χ2n) is 4.32. The number of hydrogen-bond donors (Lipinski definition) is 2. The molecule has 0 fully saturated rings. The second-order valence-corrected chi connectivity index (χ2v) is 4.32. The maximum absolute atomic E-state index is 14.3. The van der Waals surface area contributed by atoms with Crippen LogP contribution in [0.3, 0.4) is 0 Å². The number of halogens is 1. The minimum Gasteiger partial charge on any atom is -0.494 e. The molecule has 0 heterocycles. The highest BCUT2D eigenvalue weighted by molar-refractivity contribution is 5.40. The number of hydrazine groups is 1. The van der Waals surface area contributed by atoms with Crippen LogP contribution in [-0.2, 0) is 0 Å². The predicted molar refractivity (Wildman–Crippen MR) is 73.3 cm³/mol. The Morgan fingerprint density at radius 2 is 1.79 bits per heavy atom. The molecular formula is C15H17FN2O. The molecule has 0 aliphatic carbocycles. The van der Waals surface area contributed by atoms with Gasteiger partial charge in [-0.3, -0.25) is 5.84 Å². The molecule has 0 aliphatic rings. The van der Waals surface area contributed by atoms with E-state index in [0.717, 1.165) is 11.1 Å². The predicted octanol–water partition coefficient (Wildman–Crippen LogP) is 2.70. The van der Waals surface area contributed by atoms with Crippen molar-refractivity contribution >= 4 is 0 Å². The molecule has 3 N–H and O–H groups in total. The quantitative estimate of drug-likeness (QED) is 0.656. The maximum atomic E-state index is 14.3. The molecule has 0 amide bonds. The molecule has 0 aromatic heterocycles.